The molecule has 0 aromatic rings. The van der Waals surface area contributed by atoms with Crippen LogP contribution in [0.5, 0.6) is 0 Å². The Bertz CT molecular complexity index is 275. The van der Waals surface area contributed by atoms with Crippen LogP contribution in [0.2, 0.25) is 0 Å². The first-order chi connectivity index (χ1) is 7.13. The Balaban J connectivity index is 4.16. The molecule has 0 saturated heterocycles. The minimum absolute atomic E-state index is 0.256. The predicted octanol–water partition coefficient (Wildman–Crippen LogP) is 1.89. The van der Waals surface area contributed by atoms with E-state index < -0.39 is 9.84 Å². The number of hydrogen-bond acceptors (Lipinski definition) is 3. The van der Waals surface area contributed by atoms with E-state index in [1.54, 1.807) is 0 Å². The van der Waals surface area contributed by atoms with Crippen molar-refractivity contribution in [3.05, 3.63) is 0 Å². The lowest BCUT2D eigenvalue weighted by atomic mass is 9.85. The molecule has 0 atom stereocenters. The van der Waals surface area contributed by atoms with Gasteiger partial charge >= 0.3 is 0 Å². The summed E-state index contributed by atoms with van der Waals surface area (Å²) in [5, 5.41) is 0. The summed E-state index contributed by atoms with van der Waals surface area (Å²) in [7, 11) is -0.834. The van der Waals surface area contributed by atoms with Crippen molar-refractivity contribution >= 4 is 9.84 Å². The van der Waals surface area contributed by atoms with Crippen LogP contribution in [0.3, 0.4) is 0 Å². The Labute approximate surface area is 101 Å². The Kier molecular flexibility index (Phi) is 6.56. The Hall–Kier alpha value is -0.0900. The largest absolute Gasteiger partial charge is 0.305 e. The van der Waals surface area contributed by atoms with Crippen molar-refractivity contribution < 1.29 is 8.42 Å². The second-order valence-corrected chi connectivity index (χ2v) is 7.80. The first-order valence-electron chi connectivity index (χ1n) is 5.99. The van der Waals surface area contributed by atoms with E-state index in [0.29, 0.717) is 24.3 Å². The zero-order valence-electron chi connectivity index (χ0n) is 11.5. The average molecular weight is 249 g/mol. The molecule has 16 heavy (non-hydrogen) atoms. The summed E-state index contributed by atoms with van der Waals surface area (Å²) < 4.78 is 22.1. The molecular formula is C12H27NO2S. The number of rotatable bonds is 7. The monoisotopic (exact) mass is 249 g/mol. The van der Waals surface area contributed by atoms with E-state index in [2.05, 4.69) is 32.6 Å². The molecule has 0 aliphatic heterocycles. The first-order valence-corrected chi connectivity index (χ1v) is 8.05. The summed E-state index contributed by atoms with van der Waals surface area (Å²) in [6.07, 6.45) is 1.29. The van der Waals surface area contributed by atoms with Crippen LogP contribution >= 0.6 is 0 Å². The van der Waals surface area contributed by atoms with Gasteiger partial charge in [0.25, 0.3) is 0 Å². The lowest BCUT2D eigenvalue weighted by Crippen LogP contribution is -2.34. The van der Waals surface area contributed by atoms with Crippen molar-refractivity contribution in [2.75, 3.05) is 32.1 Å². The molecule has 4 heteroatoms. The van der Waals surface area contributed by atoms with Gasteiger partial charge in [-0.25, -0.2) is 8.42 Å². The Morgan fingerprint density at radius 3 is 1.81 bits per heavy atom. The highest BCUT2D eigenvalue weighted by Crippen LogP contribution is 2.21. The van der Waals surface area contributed by atoms with E-state index in [1.165, 1.54) is 6.26 Å². The van der Waals surface area contributed by atoms with Crippen LogP contribution < -0.4 is 0 Å². The van der Waals surface area contributed by atoms with Gasteiger partial charge in [0, 0.05) is 19.3 Å². The fourth-order valence-corrected chi connectivity index (χ4v) is 2.61. The van der Waals surface area contributed by atoms with Crippen molar-refractivity contribution in [3.63, 3.8) is 0 Å². The van der Waals surface area contributed by atoms with Crippen LogP contribution in [0.25, 0.3) is 0 Å². The Morgan fingerprint density at radius 2 is 1.50 bits per heavy atom. The number of nitrogens with zero attached hydrogens (tertiary/aromatic N) is 1. The predicted molar refractivity (Wildman–Crippen MR) is 70.4 cm³/mol. The smallest absolute Gasteiger partial charge is 0.148 e. The van der Waals surface area contributed by atoms with E-state index in [1.807, 2.05) is 7.05 Å². The molecule has 98 valence electrons. The summed E-state index contributed by atoms with van der Waals surface area (Å²) in [6, 6.07) is 0. The molecule has 0 heterocycles. The molecule has 0 radical (unpaired) electrons. The number of sulfone groups is 1. The molecule has 0 fully saturated rings. The van der Waals surface area contributed by atoms with Crippen LogP contribution in [0, 0.1) is 17.8 Å². The summed E-state index contributed by atoms with van der Waals surface area (Å²) in [5.41, 5.74) is 0. The summed E-state index contributed by atoms with van der Waals surface area (Å²) in [4.78, 5) is 2.13. The Morgan fingerprint density at radius 1 is 1.06 bits per heavy atom. The quantitative estimate of drug-likeness (QED) is 0.691. The van der Waals surface area contributed by atoms with Crippen LogP contribution in [-0.2, 0) is 9.84 Å². The van der Waals surface area contributed by atoms with Gasteiger partial charge < -0.3 is 4.90 Å². The van der Waals surface area contributed by atoms with Gasteiger partial charge in [-0.15, -0.1) is 0 Å². The average Bonchev–Trinajstić information content (AvgIpc) is 2.08. The molecule has 0 unspecified atom stereocenters. The normalized spacial score (nSPS) is 13.4. The second kappa shape index (κ2) is 6.60. The molecule has 0 aliphatic carbocycles. The molecule has 0 rings (SSSR count). The van der Waals surface area contributed by atoms with E-state index in [9.17, 15) is 8.42 Å². The fraction of sp³-hybridized carbons (Fsp3) is 1.00. The standard InChI is InChI=1S/C12H27NO2S/c1-10(2)12(11(3)4)9-13(5)7-8-16(6,14)15/h10-12H,7-9H2,1-6H3. The van der Waals surface area contributed by atoms with E-state index in [-0.39, 0.29) is 5.75 Å². The minimum Gasteiger partial charge on any atom is -0.305 e. The molecule has 0 aromatic carbocycles. The molecule has 0 amide bonds. The zero-order chi connectivity index (χ0) is 12.9. The summed E-state index contributed by atoms with van der Waals surface area (Å²) in [5.74, 6) is 2.16. The molecule has 0 aliphatic rings. The highest BCUT2D eigenvalue weighted by molar-refractivity contribution is 7.90. The molecule has 0 saturated carbocycles. The lowest BCUT2D eigenvalue weighted by Gasteiger charge is -2.29. The molecule has 0 aromatic heterocycles. The lowest BCUT2D eigenvalue weighted by molar-refractivity contribution is 0.196. The summed E-state index contributed by atoms with van der Waals surface area (Å²) >= 11 is 0. The van der Waals surface area contributed by atoms with Crippen LogP contribution in [0.4, 0.5) is 0 Å². The number of hydrogen-bond donors (Lipinski definition) is 0. The second-order valence-electron chi connectivity index (χ2n) is 5.54. The van der Waals surface area contributed by atoms with Gasteiger partial charge in [0.15, 0.2) is 0 Å². The van der Waals surface area contributed by atoms with Crippen LogP contribution in [-0.4, -0.2) is 45.5 Å². The van der Waals surface area contributed by atoms with Crippen molar-refractivity contribution in [1.82, 2.24) is 4.90 Å². The van der Waals surface area contributed by atoms with Gasteiger partial charge in [0.1, 0.15) is 9.84 Å². The van der Waals surface area contributed by atoms with E-state index in [0.717, 1.165) is 6.54 Å². The molecular weight excluding hydrogens is 222 g/mol. The highest BCUT2D eigenvalue weighted by Gasteiger charge is 2.19. The molecule has 3 nitrogen and oxygen atoms in total. The van der Waals surface area contributed by atoms with Gasteiger partial charge in [0.05, 0.1) is 5.75 Å². The maximum Gasteiger partial charge on any atom is 0.148 e. The van der Waals surface area contributed by atoms with Crippen molar-refractivity contribution in [1.29, 1.82) is 0 Å². The minimum atomic E-state index is -2.84. The molecule has 0 N–H and O–H groups in total. The van der Waals surface area contributed by atoms with Crippen molar-refractivity contribution in [3.8, 4) is 0 Å². The topological polar surface area (TPSA) is 37.4 Å². The maximum absolute atomic E-state index is 11.1. The van der Waals surface area contributed by atoms with Gasteiger partial charge in [0.2, 0.25) is 0 Å². The third-order valence-corrected chi connectivity index (χ3v) is 4.00. The van der Waals surface area contributed by atoms with Gasteiger partial charge in [-0.1, -0.05) is 27.7 Å². The van der Waals surface area contributed by atoms with Gasteiger partial charge in [-0.05, 0) is 24.8 Å². The summed E-state index contributed by atoms with van der Waals surface area (Å²) in [6.45, 7) is 10.5. The van der Waals surface area contributed by atoms with Gasteiger partial charge in [-0.2, -0.15) is 0 Å². The van der Waals surface area contributed by atoms with Crippen molar-refractivity contribution in [2.24, 2.45) is 17.8 Å². The highest BCUT2D eigenvalue weighted by atomic mass is 32.2. The SMILES string of the molecule is CC(C)C(CN(C)CCS(C)(=O)=O)C(C)C. The van der Waals surface area contributed by atoms with E-state index in [4.69, 9.17) is 0 Å². The molecule has 0 bridgehead atoms. The van der Waals surface area contributed by atoms with E-state index >= 15 is 0 Å². The third-order valence-electron chi connectivity index (χ3n) is 3.08. The van der Waals surface area contributed by atoms with Crippen molar-refractivity contribution in [2.45, 2.75) is 27.7 Å². The van der Waals surface area contributed by atoms with Gasteiger partial charge in [-0.3, -0.25) is 0 Å². The fourth-order valence-electron chi connectivity index (χ4n) is 1.96. The maximum atomic E-state index is 11.1. The molecule has 0 spiro atoms. The third kappa shape index (κ3) is 7.23. The first kappa shape index (κ1) is 15.9. The zero-order valence-corrected chi connectivity index (χ0v) is 12.3. The van der Waals surface area contributed by atoms with Crippen LogP contribution in [0.1, 0.15) is 27.7 Å². The van der Waals surface area contributed by atoms with Crippen LogP contribution in [0.15, 0.2) is 0 Å².